The van der Waals surface area contributed by atoms with Crippen LogP contribution in [0, 0.1) is 0 Å². The third-order valence-electron chi connectivity index (χ3n) is 3.54. The first-order valence-electron chi connectivity index (χ1n) is 7.46. The second-order valence-corrected chi connectivity index (χ2v) is 5.65. The zero-order valence-electron chi connectivity index (χ0n) is 12.8. The third kappa shape index (κ3) is 3.75. The van der Waals surface area contributed by atoms with Crippen molar-refractivity contribution in [3.8, 4) is 0 Å². The molecule has 0 fully saturated rings. The Kier molecular flexibility index (Phi) is 4.82. The molecule has 0 bridgehead atoms. The fourth-order valence-electron chi connectivity index (χ4n) is 2.36. The van der Waals surface area contributed by atoms with Crippen molar-refractivity contribution in [1.82, 2.24) is 9.97 Å². The first-order valence-corrected chi connectivity index (χ1v) is 8.10. The molecule has 0 spiro atoms. The molecule has 1 aromatic heterocycles. The van der Waals surface area contributed by atoms with Gasteiger partial charge in [-0.15, -0.1) is 0 Å². The monoisotopic (exact) mass is 336 g/mol. The smallest absolute Gasteiger partial charge is 0.272 e. The number of nitrogens with one attached hydrogen (secondary N) is 2. The van der Waals surface area contributed by atoms with Crippen LogP contribution in [0.2, 0.25) is 0 Å². The minimum Gasteiger partial charge on any atom is -0.316 e. The number of thiol groups is 1. The van der Waals surface area contributed by atoms with Crippen LogP contribution in [0.25, 0.3) is 12.2 Å². The molecule has 3 rings (SSSR count). The van der Waals surface area contributed by atoms with Gasteiger partial charge in [-0.1, -0.05) is 54.6 Å². The molecule has 2 N–H and O–H groups in total. The van der Waals surface area contributed by atoms with Crippen molar-refractivity contribution in [2.75, 3.05) is 0 Å². The summed E-state index contributed by atoms with van der Waals surface area (Å²) < 4.78 is 0. The van der Waals surface area contributed by atoms with E-state index in [0.717, 1.165) is 16.7 Å². The Balaban J connectivity index is 2.11. The second-order valence-electron chi connectivity index (χ2n) is 5.34. The number of aromatic nitrogens is 2. The molecule has 2 aromatic carbocycles. The Bertz CT molecular complexity index is 1080. The minimum atomic E-state index is -0.340. The van der Waals surface area contributed by atoms with Crippen molar-refractivity contribution in [2.24, 2.45) is 0 Å². The van der Waals surface area contributed by atoms with Crippen LogP contribution in [0.4, 0.5) is 0 Å². The zero-order chi connectivity index (χ0) is 16.9. The molecule has 1 heterocycles. The number of H-pyrrole nitrogens is 2. The lowest BCUT2D eigenvalue weighted by Gasteiger charge is -1.98. The summed E-state index contributed by atoms with van der Waals surface area (Å²) in [6, 6.07) is 17.0. The van der Waals surface area contributed by atoms with Crippen molar-refractivity contribution < 1.29 is 0 Å². The van der Waals surface area contributed by atoms with E-state index < -0.39 is 0 Å². The van der Waals surface area contributed by atoms with Crippen molar-refractivity contribution in [2.45, 2.75) is 5.75 Å². The largest absolute Gasteiger partial charge is 0.316 e. The summed E-state index contributed by atoms with van der Waals surface area (Å²) in [5, 5.41) is 0.453. The quantitative estimate of drug-likeness (QED) is 0.628. The van der Waals surface area contributed by atoms with Crippen molar-refractivity contribution in [3.05, 3.63) is 103 Å². The Morgan fingerprint density at radius 3 is 2.00 bits per heavy atom. The van der Waals surface area contributed by atoms with Gasteiger partial charge in [-0.25, -0.2) is 0 Å². The van der Waals surface area contributed by atoms with Gasteiger partial charge in [0.05, 0.1) is 0 Å². The summed E-state index contributed by atoms with van der Waals surface area (Å²) in [5.74, 6) is 0.611. The van der Waals surface area contributed by atoms with Crippen LogP contribution >= 0.6 is 12.6 Å². The van der Waals surface area contributed by atoms with E-state index >= 15 is 0 Å². The van der Waals surface area contributed by atoms with E-state index in [2.05, 4.69) is 22.6 Å². The van der Waals surface area contributed by atoms with Crippen molar-refractivity contribution >= 4 is 24.8 Å². The lowest BCUT2D eigenvalue weighted by molar-refractivity contribution is 1.00. The average Bonchev–Trinajstić information content (AvgIpc) is 2.60. The fourth-order valence-corrected chi connectivity index (χ4v) is 2.56. The Morgan fingerprint density at radius 2 is 1.38 bits per heavy atom. The van der Waals surface area contributed by atoms with E-state index in [9.17, 15) is 9.59 Å². The average molecular weight is 336 g/mol. The van der Waals surface area contributed by atoms with E-state index in [1.165, 1.54) is 0 Å². The van der Waals surface area contributed by atoms with Gasteiger partial charge in [0.15, 0.2) is 0 Å². The molecule has 0 aliphatic carbocycles. The molecule has 0 saturated heterocycles. The van der Waals surface area contributed by atoms with Gasteiger partial charge < -0.3 is 9.97 Å². The summed E-state index contributed by atoms with van der Waals surface area (Å²) in [7, 11) is 0. The van der Waals surface area contributed by atoms with Gasteiger partial charge in [0.2, 0.25) is 0 Å². The number of aromatic amines is 2. The number of hydrogen-bond acceptors (Lipinski definition) is 3. The van der Waals surface area contributed by atoms with E-state index in [4.69, 9.17) is 0 Å². The highest BCUT2D eigenvalue weighted by Gasteiger charge is 1.97. The number of hydrogen-bond donors (Lipinski definition) is 3. The standard InChI is InChI=1S/C19H16N2O2S/c22-18-16(10-13-5-2-1-3-6-13)20-19(23)17(21-18)11-14-7-4-8-15(9-14)12-24/h1-11,24H,12H2,(H,20,23)(H,21,22). The number of rotatable bonds is 3. The lowest BCUT2D eigenvalue weighted by Crippen LogP contribution is -2.46. The molecule has 5 heteroatoms. The third-order valence-corrected chi connectivity index (χ3v) is 3.91. The Morgan fingerprint density at radius 1 is 0.792 bits per heavy atom. The summed E-state index contributed by atoms with van der Waals surface area (Å²) >= 11 is 4.24. The van der Waals surface area contributed by atoms with Gasteiger partial charge in [0.25, 0.3) is 11.1 Å². The zero-order valence-corrected chi connectivity index (χ0v) is 13.7. The van der Waals surface area contributed by atoms with Crippen molar-refractivity contribution in [3.63, 3.8) is 0 Å². The molecular weight excluding hydrogens is 320 g/mol. The van der Waals surface area contributed by atoms with Crippen molar-refractivity contribution in [1.29, 1.82) is 0 Å². The molecule has 0 radical (unpaired) electrons. The van der Waals surface area contributed by atoms with Crippen LogP contribution in [0.1, 0.15) is 16.7 Å². The van der Waals surface area contributed by atoms with Gasteiger partial charge in [-0.05, 0) is 28.8 Å². The highest BCUT2D eigenvalue weighted by Crippen LogP contribution is 2.07. The predicted molar refractivity (Wildman–Crippen MR) is 99.6 cm³/mol. The molecule has 0 aliphatic rings. The highest BCUT2D eigenvalue weighted by atomic mass is 32.1. The van der Waals surface area contributed by atoms with Crippen LogP contribution < -0.4 is 21.8 Å². The van der Waals surface area contributed by atoms with Gasteiger partial charge in [-0.3, -0.25) is 9.59 Å². The van der Waals surface area contributed by atoms with Crippen LogP contribution in [-0.4, -0.2) is 9.97 Å². The minimum absolute atomic E-state index is 0.224. The first kappa shape index (κ1) is 16.1. The Hall–Kier alpha value is -2.79. The summed E-state index contributed by atoms with van der Waals surface area (Å²) in [4.78, 5) is 29.8. The molecule has 0 atom stereocenters. The SMILES string of the molecule is O=c1[nH]c(=Cc2cccc(CS)c2)c(=O)[nH]c1=Cc1ccccc1. The maximum absolute atomic E-state index is 12.2. The van der Waals surface area contributed by atoms with Gasteiger partial charge >= 0.3 is 0 Å². The van der Waals surface area contributed by atoms with Crippen LogP contribution in [0.3, 0.4) is 0 Å². The van der Waals surface area contributed by atoms with E-state index in [1.807, 2.05) is 54.6 Å². The summed E-state index contributed by atoms with van der Waals surface area (Å²) in [5.41, 5.74) is 2.04. The lowest BCUT2D eigenvalue weighted by atomic mass is 10.1. The van der Waals surface area contributed by atoms with Gasteiger partial charge in [0.1, 0.15) is 10.7 Å². The normalized spacial score (nSPS) is 12.5. The maximum Gasteiger partial charge on any atom is 0.272 e. The summed E-state index contributed by atoms with van der Waals surface area (Å²) in [6.45, 7) is 0. The van der Waals surface area contributed by atoms with Crippen LogP contribution in [0.15, 0.2) is 64.2 Å². The predicted octanol–water partition coefficient (Wildman–Crippen LogP) is 1.15. The van der Waals surface area contributed by atoms with Crippen LogP contribution in [0.5, 0.6) is 0 Å². The highest BCUT2D eigenvalue weighted by molar-refractivity contribution is 7.79. The molecule has 4 nitrogen and oxygen atoms in total. The molecule has 0 amide bonds. The van der Waals surface area contributed by atoms with Gasteiger partial charge in [0, 0.05) is 5.75 Å². The number of benzene rings is 2. The molecular formula is C19H16N2O2S. The molecule has 120 valence electrons. The van der Waals surface area contributed by atoms with E-state index in [1.54, 1.807) is 12.2 Å². The molecule has 0 unspecified atom stereocenters. The molecule has 0 aliphatic heterocycles. The van der Waals surface area contributed by atoms with E-state index in [-0.39, 0.29) is 21.8 Å². The molecule has 0 saturated carbocycles. The first-order chi connectivity index (χ1) is 11.7. The fraction of sp³-hybridized carbons (Fsp3) is 0.0526. The van der Waals surface area contributed by atoms with Crippen LogP contribution in [-0.2, 0) is 5.75 Å². The summed E-state index contributed by atoms with van der Waals surface area (Å²) in [6.07, 6.45) is 3.30. The molecule has 3 aromatic rings. The molecule has 24 heavy (non-hydrogen) atoms. The van der Waals surface area contributed by atoms with E-state index in [0.29, 0.717) is 5.75 Å². The van der Waals surface area contributed by atoms with Gasteiger partial charge in [-0.2, -0.15) is 12.6 Å². The second kappa shape index (κ2) is 7.19. The maximum atomic E-state index is 12.2. The topological polar surface area (TPSA) is 65.7 Å². The Labute approximate surface area is 143 Å².